The summed E-state index contributed by atoms with van der Waals surface area (Å²) in [6.45, 7) is 0. The summed E-state index contributed by atoms with van der Waals surface area (Å²) in [5.74, 6) is 0.703. The average Bonchev–Trinajstić information content (AvgIpc) is 2.38. The minimum atomic E-state index is -0.988. The fourth-order valence-corrected chi connectivity index (χ4v) is 5.04. The predicted octanol–water partition coefficient (Wildman–Crippen LogP) is 3.01. The third-order valence-corrected chi connectivity index (χ3v) is 6.38. The topological polar surface area (TPSA) is 35.1 Å². The van der Waals surface area contributed by atoms with Gasteiger partial charge in [-0.1, -0.05) is 36.0 Å². The van der Waals surface area contributed by atoms with Crippen molar-refractivity contribution in [3.63, 3.8) is 0 Å². The molecule has 2 unspecified atom stereocenters. The van der Waals surface area contributed by atoms with Crippen LogP contribution in [-0.4, -0.2) is 22.3 Å². The van der Waals surface area contributed by atoms with E-state index in [9.17, 15) is 4.55 Å². The molecule has 0 amide bonds. The van der Waals surface area contributed by atoms with Crippen LogP contribution in [0.5, 0.6) is 0 Å². The van der Waals surface area contributed by atoms with Crippen LogP contribution in [0.25, 0.3) is 0 Å². The van der Waals surface area contributed by atoms with Crippen molar-refractivity contribution in [2.45, 2.75) is 24.0 Å². The van der Waals surface area contributed by atoms with Gasteiger partial charge in [-0.25, -0.2) is 0 Å². The van der Waals surface area contributed by atoms with Crippen LogP contribution >= 0.6 is 23.8 Å². The fourth-order valence-electron chi connectivity index (χ4n) is 2.46. The molecule has 2 nitrogen and oxygen atoms in total. The first-order chi connectivity index (χ1) is 8.61. The summed E-state index contributed by atoms with van der Waals surface area (Å²) in [5.41, 5.74) is 0.965. The molecule has 0 aliphatic carbocycles. The average molecular weight is 302 g/mol. The van der Waals surface area contributed by atoms with E-state index >= 15 is 0 Å². The maximum absolute atomic E-state index is 12.6. The van der Waals surface area contributed by atoms with Gasteiger partial charge in [0, 0.05) is 24.1 Å². The number of rotatable bonds is 2. The number of nitrogens with one attached hydrogen (secondary N) is 1. The van der Waals surface area contributed by atoms with Gasteiger partial charge >= 0.3 is 0 Å². The minimum Gasteiger partial charge on any atom is -0.615 e. The van der Waals surface area contributed by atoms with E-state index in [-0.39, 0.29) is 0 Å². The summed E-state index contributed by atoms with van der Waals surface area (Å²) in [6, 6.07) is 7.57. The van der Waals surface area contributed by atoms with Crippen LogP contribution in [0, 0.1) is 0 Å². The second-order valence-electron chi connectivity index (χ2n) is 4.42. The zero-order valence-corrected chi connectivity index (χ0v) is 12.6. The smallest absolute Gasteiger partial charge is 0.199 e. The Bertz CT molecular complexity index is 454. The highest BCUT2D eigenvalue weighted by Gasteiger charge is 2.49. The molecule has 98 valence electrons. The molecule has 0 bridgehead atoms. The van der Waals surface area contributed by atoms with Gasteiger partial charge in [-0.05, 0) is 36.2 Å². The van der Waals surface area contributed by atoms with Crippen LogP contribution < -0.4 is 5.32 Å². The van der Waals surface area contributed by atoms with Crippen molar-refractivity contribution >= 4 is 40.0 Å². The number of likely N-dealkylation sites (N-methyl/N-ethyl adjacent to an activating group) is 1. The molecule has 2 rings (SSSR count). The Morgan fingerprint density at radius 1 is 1.50 bits per heavy atom. The van der Waals surface area contributed by atoms with E-state index in [2.05, 4.69) is 5.32 Å². The molecular weight excluding hydrogens is 286 g/mol. The first-order valence-corrected chi connectivity index (χ1v) is 8.08. The molecule has 2 atom stereocenters. The van der Waals surface area contributed by atoms with E-state index in [1.54, 1.807) is 7.05 Å². The lowest BCUT2D eigenvalue weighted by molar-refractivity contribution is 0.514. The molecule has 0 radical (unpaired) electrons. The summed E-state index contributed by atoms with van der Waals surface area (Å²) in [4.78, 5) is 0.655. The summed E-state index contributed by atoms with van der Waals surface area (Å²) < 4.78 is 12.0. The van der Waals surface area contributed by atoms with E-state index in [0.717, 1.165) is 24.8 Å². The maximum Gasteiger partial charge on any atom is 0.199 e. The van der Waals surface area contributed by atoms with Crippen LogP contribution in [-0.2, 0) is 15.9 Å². The predicted molar refractivity (Wildman–Crippen MR) is 81.6 cm³/mol. The van der Waals surface area contributed by atoms with Crippen molar-refractivity contribution in [1.82, 2.24) is 5.32 Å². The first kappa shape index (κ1) is 14.1. The zero-order valence-electron chi connectivity index (χ0n) is 10.2. The number of halogens is 1. The Labute approximate surface area is 121 Å². The molecule has 0 spiro atoms. The Hall–Kier alpha value is -0.290. The van der Waals surface area contributed by atoms with E-state index in [4.69, 9.17) is 23.8 Å². The largest absolute Gasteiger partial charge is 0.615 e. The van der Waals surface area contributed by atoms with Crippen molar-refractivity contribution in [1.29, 1.82) is 0 Å². The number of hydrogen-bond acceptors (Lipinski definition) is 2. The molecule has 18 heavy (non-hydrogen) atoms. The van der Waals surface area contributed by atoms with Crippen molar-refractivity contribution in [3.8, 4) is 0 Å². The standard InChI is InChI=1S/C13H16ClNOS2/c1-15-12(17)13(7-2-3-8-18(13)16)10-5-4-6-11(14)9-10/h4-6,9H,2-3,7-8H2,1H3,(H,15,17). The van der Waals surface area contributed by atoms with Crippen LogP contribution in [0.4, 0.5) is 0 Å². The van der Waals surface area contributed by atoms with E-state index in [0.29, 0.717) is 15.8 Å². The molecule has 1 aromatic rings. The summed E-state index contributed by atoms with van der Waals surface area (Å²) >= 11 is 10.5. The summed E-state index contributed by atoms with van der Waals surface area (Å²) in [6.07, 6.45) is 2.86. The normalized spacial score (nSPS) is 27.8. The number of hydrogen-bond donors (Lipinski definition) is 1. The SMILES string of the molecule is CNC(=S)C1(c2cccc(Cl)c2)CCCC[S+]1[O-]. The van der Waals surface area contributed by atoms with Gasteiger partial charge in [0.2, 0.25) is 0 Å². The molecule has 0 aromatic heterocycles. The summed E-state index contributed by atoms with van der Waals surface area (Å²) in [5, 5.41) is 3.68. The fraction of sp³-hybridized carbons (Fsp3) is 0.462. The van der Waals surface area contributed by atoms with Gasteiger partial charge in [0.15, 0.2) is 4.75 Å². The second kappa shape index (κ2) is 5.78. The van der Waals surface area contributed by atoms with Crippen molar-refractivity contribution < 1.29 is 4.55 Å². The third-order valence-electron chi connectivity index (χ3n) is 3.38. The van der Waals surface area contributed by atoms with Gasteiger partial charge < -0.3 is 9.87 Å². The van der Waals surface area contributed by atoms with Gasteiger partial charge in [-0.2, -0.15) is 0 Å². The zero-order chi connectivity index (χ0) is 13.2. The van der Waals surface area contributed by atoms with E-state index < -0.39 is 15.9 Å². The number of benzene rings is 1. The van der Waals surface area contributed by atoms with Gasteiger partial charge in [0.05, 0.1) is 0 Å². The van der Waals surface area contributed by atoms with Crippen molar-refractivity contribution in [3.05, 3.63) is 34.9 Å². The van der Waals surface area contributed by atoms with E-state index in [1.807, 2.05) is 24.3 Å². The number of thiocarbonyl (C=S) groups is 1. The molecule has 1 heterocycles. The highest BCUT2D eigenvalue weighted by atomic mass is 35.5. The molecule has 1 aromatic carbocycles. The molecular formula is C13H16ClNOS2. The lowest BCUT2D eigenvalue weighted by Gasteiger charge is -2.39. The Kier molecular flexibility index (Phi) is 4.54. The minimum absolute atomic E-state index is 0.562. The molecule has 1 aliphatic rings. The second-order valence-corrected chi connectivity index (χ2v) is 7.06. The Balaban J connectivity index is 2.51. The van der Waals surface area contributed by atoms with E-state index in [1.165, 1.54) is 0 Å². The lowest BCUT2D eigenvalue weighted by Crippen LogP contribution is -2.50. The monoisotopic (exact) mass is 301 g/mol. The molecule has 0 saturated carbocycles. The maximum atomic E-state index is 12.6. The third kappa shape index (κ3) is 2.39. The van der Waals surface area contributed by atoms with Crippen molar-refractivity contribution in [2.75, 3.05) is 12.8 Å². The van der Waals surface area contributed by atoms with Crippen molar-refractivity contribution in [2.24, 2.45) is 0 Å². The summed E-state index contributed by atoms with van der Waals surface area (Å²) in [7, 11) is 1.79. The molecule has 1 fully saturated rings. The van der Waals surface area contributed by atoms with Crippen LogP contribution in [0.1, 0.15) is 24.8 Å². The first-order valence-electron chi connectivity index (χ1n) is 5.98. The highest BCUT2D eigenvalue weighted by Crippen LogP contribution is 2.41. The molecule has 1 aliphatic heterocycles. The quantitative estimate of drug-likeness (QED) is 0.674. The van der Waals surface area contributed by atoms with Crippen LogP contribution in [0.2, 0.25) is 5.02 Å². The highest BCUT2D eigenvalue weighted by molar-refractivity contribution is 7.95. The Morgan fingerprint density at radius 3 is 2.89 bits per heavy atom. The van der Waals surface area contributed by atoms with Gasteiger partial charge in [0.25, 0.3) is 0 Å². The molecule has 1 saturated heterocycles. The lowest BCUT2D eigenvalue weighted by atomic mass is 9.91. The van der Waals surface area contributed by atoms with Gasteiger partial charge in [0.1, 0.15) is 10.7 Å². The van der Waals surface area contributed by atoms with Crippen LogP contribution in [0.3, 0.4) is 0 Å². The van der Waals surface area contributed by atoms with Crippen LogP contribution in [0.15, 0.2) is 24.3 Å². The van der Waals surface area contributed by atoms with Gasteiger partial charge in [-0.3, -0.25) is 0 Å². The Morgan fingerprint density at radius 2 is 2.28 bits per heavy atom. The van der Waals surface area contributed by atoms with Gasteiger partial charge in [-0.15, -0.1) is 0 Å². The molecule has 1 N–H and O–H groups in total. The molecule has 5 heteroatoms.